The van der Waals surface area contributed by atoms with Gasteiger partial charge in [0.2, 0.25) is 5.95 Å². The van der Waals surface area contributed by atoms with Crippen LogP contribution in [0.4, 0.5) is 23.1 Å². The van der Waals surface area contributed by atoms with E-state index in [-0.39, 0.29) is 33.5 Å². The highest BCUT2D eigenvalue weighted by Gasteiger charge is 2.23. The summed E-state index contributed by atoms with van der Waals surface area (Å²) in [4.78, 5) is 11.3. The van der Waals surface area contributed by atoms with Crippen LogP contribution >= 0.6 is 11.6 Å². The lowest BCUT2D eigenvalue weighted by atomic mass is 10.2. The Hall–Kier alpha value is -3.08. The highest BCUT2D eigenvalue weighted by atomic mass is 35.5. The summed E-state index contributed by atoms with van der Waals surface area (Å²) in [6.45, 7) is 9.12. The third kappa shape index (κ3) is 6.63. The SMILES string of the molecule is CCOc1cc(OC2CCN(CC)C2)ccc1Nc1ncc(Cl)c(Nc2ccccc2S(=O)(=O)CC)n1. The standard InChI is InChI=1S/C26H32ClN5O4S/c1-4-32-14-13-19(17-32)36-18-11-12-21(23(15-18)35-5-2)30-26-28-16-20(27)25(31-26)29-22-9-7-8-10-24(22)37(33,34)6-3/h7-12,15-16,19H,4-6,13-14,17H2,1-3H3,(H2,28,29,30,31). The summed E-state index contributed by atoms with van der Waals surface area (Å²) < 4.78 is 37.1. The van der Waals surface area contributed by atoms with Gasteiger partial charge in [-0.05, 0) is 44.2 Å². The molecule has 11 heteroatoms. The lowest BCUT2D eigenvalue weighted by Gasteiger charge is -2.18. The second-order valence-corrected chi connectivity index (χ2v) is 11.2. The molecule has 198 valence electrons. The number of nitrogens with one attached hydrogen (secondary N) is 2. The Morgan fingerprint density at radius 2 is 1.92 bits per heavy atom. The van der Waals surface area contributed by atoms with Gasteiger partial charge in [0.1, 0.15) is 22.6 Å². The molecule has 0 bridgehead atoms. The minimum absolute atomic E-state index is 0.0203. The Kier molecular flexibility index (Phi) is 8.73. The van der Waals surface area contributed by atoms with E-state index in [0.717, 1.165) is 31.8 Å². The van der Waals surface area contributed by atoms with Gasteiger partial charge in [-0.3, -0.25) is 4.90 Å². The molecule has 1 saturated heterocycles. The number of rotatable bonds is 11. The molecule has 1 aliphatic rings. The van der Waals surface area contributed by atoms with Crippen molar-refractivity contribution < 1.29 is 17.9 Å². The number of anilines is 4. The summed E-state index contributed by atoms with van der Waals surface area (Å²) in [6, 6.07) is 12.3. The van der Waals surface area contributed by atoms with Gasteiger partial charge in [-0.15, -0.1) is 0 Å². The number of benzene rings is 2. The Bertz CT molecular complexity index is 1340. The molecule has 3 aromatic rings. The van der Waals surface area contributed by atoms with Gasteiger partial charge in [-0.2, -0.15) is 4.98 Å². The van der Waals surface area contributed by atoms with Crippen molar-refractivity contribution in [1.82, 2.24) is 14.9 Å². The first-order valence-corrected chi connectivity index (χ1v) is 14.4. The predicted octanol–water partition coefficient (Wildman–Crippen LogP) is 5.28. The van der Waals surface area contributed by atoms with E-state index >= 15 is 0 Å². The van der Waals surface area contributed by atoms with Crippen LogP contribution in [0.25, 0.3) is 0 Å². The predicted molar refractivity (Wildman–Crippen MR) is 147 cm³/mol. The van der Waals surface area contributed by atoms with E-state index in [9.17, 15) is 8.42 Å². The molecular weight excluding hydrogens is 514 g/mol. The zero-order chi connectivity index (χ0) is 26.4. The molecule has 0 radical (unpaired) electrons. The molecule has 1 atom stereocenters. The quantitative estimate of drug-likeness (QED) is 0.332. The van der Waals surface area contributed by atoms with Crippen LogP contribution in [-0.4, -0.2) is 61.4 Å². The van der Waals surface area contributed by atoms with Gasteiger partial charge in [0.05, 0.1) is 34.8 Å². The molecule has 2 N–H and O–H groups in total. The van der Waals surface area contributed by atoms with Gasteiger partial charge in [-0.25, -0.2) is 13.4 Å². The van der Waals surface area contributed by atoms with Gasteiger partial charge in [0.25, 0.3) is 0 Å². The highest BCUT2D eigenvalue weighted by Crippen LogP contribution is 2.34. The van der Waals surface area contributed by atoms with Crippen molar-refractivity contribution in [1.29, 1.82) is 0 Å². The minimum Gasteiger partial charge on any atom is -0.492 e. The largest absolute Gasteiger partial charge is 0.492 e. The maximum absolute atomic E-state index is 12.5. The molecule has 9 nitrogen and oxygen atoms in total. The Balaban J connectivity index is 1.55. The van der Waals surface area contributed by atoms with E-state index in [1.807, 2.05) is 25.1 Å². The van der Waals surface area contributed by atoms with Crippen molar-refractivity contribution in [3.8, 4) is 11.5 Å². The Morgan fingerprint density at radius 1 is 1.11 bits per heavy atom. The summed E-state index contributed by atoms with van der Waals surface area (Å²) >= 11 is 6.34. The average Bonchev–Trinajstić information content (AvgIpc) is 3.35. The van der Waals surface area contributed by atoms with E-state index in [1.54, 1.807) is 31.2 Å². The van der Waals surface area contributed by atoms with Crippen LogP contribution < -0.4 is 20.1 Å². The Morgan fingerprint density at radius 3 is 2.65 bits per heavy atom. The van der Waals surface area contributed by atoms with Crippen LogP contribution in [0.3, 0.4) is 0 Å². The van der Waals surface area contributed by atoms with Crippen LogP contribution in [0.5, 0.6) is 11.5 Å². The van der Waals surface area contributed by atoms with Crippen LogP contribution in [0.2, 0.25) is 5.02 Å². The first kappa shape index (κ1) is 27.0. The second kappa shape index (κ2) is 12.0. The van der Waals surface area contributed by atoms with Crippen molar-refractivity contribution in [2.75, 3.05) is 42.6 Å². The monoisotopic (exact) mass is 545 g/mol. The summed E-state index contributed by atoms with van der Waals surface area (Å²) in [7, 11) is -3.45. The van der Waals surface area contributed by atoms with Crippen molar-refractivity contribution in [2.24, 2.45) is 0 Å². The van der Waals surface area contributed by atoms with E-state index in [4.69, 9.17) is 21.1 Å². The first-order chi connectivity index (χ1) is 17.8. The Labute approximate surface area is 223 Å². The average molecular weight is 546 g/mol. The number of likely N-dealkylation sites (tertiary alicyclic amines) is 1. The van der Waals surface area contributed by atoms with Crippen molar-refractivity contribution in [2.45, 2.75) is 38.2 Å². The lowest BCUT2D eigenvalue weighted by Crippen LogP contribution is -2.24. The number of para-hydroxylation sites is 1. The molecule has 2 aromatic carbocycles. The fourth-order valence-electron chi connectivity index (χ4n) is 4.09. The van der Waals surface area contributed by atoms with E-state index in [2.05, 4.69) is 32.4 Å². The van der Waals surface area contributed by atoms with Crippen LogP contribution in [-0.2, 0) is 9.84 Å². The molecule has 4 rings (SSSR count). The maximum Gasteiger partial charge on any atom is 0.229 e. The number of ether oxygens (including phenoxy) is 2. The number of hydrogen-bond donors (Lipinski definition) is 2. The van der Waals surface area contributed by atoms with Gasteiger partial charge in [-0.1, -0.05) is 37.6 Å². The molecule has 1 aromatic heterocycles. The normalized spacial score (nSPS) is 15.9. The molecule has 2 heterocycles. The highest BCUT2D eigenvalue weighted by molar-refractivity contribution is 7.91. The maximum atomic E-state index is 12.5. The molecule has 37 heavy (non-hydrogen) atoms. The van der Waals surface area contributed by atoms with Crippen LogP contribution in [0, 0.1) is 0 Å². The molecule has 1 aliphatic heterocycles. The van der Waals surface area contributed by atoms with Gasteiger partial charge in [0.15, 0.2) is 15.7 Å². The number of nitrogens with zero attached hydrogens (tertiary/aromatic N) is 3. The van der Waals surface area contributed by atoms with Crippen molar-refractivity contribution in [3.63, 3.8) is 0 Å². The van der Waals surface area contributed by atoms with E-state index < -0.39 is 9.84 Å². The van der Waals surface area contributed by atoms with Gasteiger partial charge < -0.3 is 20.1 Å². The number of sulfone groups is 1. The third-order valence-electron chi connectivity index (χ3n) is 6.08. The number of halogens is 1. The van der Waals surface area contributed by atoms with E-state index in [1.165, 1.54) is 6.20 Å². The lowest BCUT2D eigenvalue weighted by molar-refractivity contribution is 0.201. The minimum atomic E-state index is -3.45. The summed E-state index contributed by atoms with van der Waals surface area (Å²) in [6.07, 6.45) is 2.60. The fourth-order valence-corrected chi connectivity index (χ4v) is 5.28. The van der Waals surface area contributed by atoms with Crippen molar-refractivity contribution in [3.05, 3.63) is 53.7 Å². The summed E-state index contributed by atoms with van der Waals surface area (Å²) in [5.74, 6) is 1.88. The number of likely N-dealkylation sites (N-methyl/N-ethyl adjacent to an activating group) is 1. The molecule has 0 amide bonds. The zero-order valence-electron chi connectivity index (χ0n) is 21.2. The topological polar surface area (TPSA) is 106 Å². The van der Waals surface area contributed by atoms with Gasteiger partial charge in [0, 0.05) is 19.2 Å². The third-order valence-corrected chi connectivity index (χ3v) is 8.14. The molecule has 0 aliphatic carbocycles. The first-order valence-electron chi connectivity index (χ1n) is 12.4. The summed E-state index contributed by atoms with van der Waals surface area (Å²) in [5, 5.41) is 6.47. The zero-order valence-corrected chi connectivity index (χ0v) is 22.8. The van der Waals surface area contributed by atoms with Gasteiger partial charge >= 0.3 is 0 Å². The summed E-state index contributed by atoms with van der Waals surface area (Å²) in [5.41, 5.74) is 1.05. The second-order valence-electron chi connectivity index (χ2n) is 8.55. The number of hydrogen-bond acceptors (Lipinski definition) is 9. The molecular formula is C26H32ClN5O4S. The van der Waals surface area contributed by atoms with Crippen LogP contribution in [0.15, 0.2) is 53.6 Å². The molecule has 0 saturated carbocycles. The van der Waals surface area contributed by atoms with Crippen LogP contribution in [0.1, 0.15) is 27.2 Å². The molecule has 1 unspecified atom stereocenters. The van der Waals surface area contributed by atoms with Crippen molar-refractivity contribution >= 4 is 44.6 Å². The fraction of sp³-hybridized carbons (Fsp3) is 0.385. The smallest absolute Gasteiger partial charge is 0.229 e. The number of aromatic nitrogens is 2. The molecule has 1 fully saturated rings. The molecule has 0 spiro atoms. The van der Waals surface area contributed by atoms with E-state index in [0.29, 0.717) is 23.7 Å².